The van der Waals surface area contributed by atoms with Crippen molar-refractivity contribution >= 4 is 5.78 Å². The lowest BCUT2D eigenvalue weighted by Crippen LogP contribution is -2.25. The first-order valence-electron chi connectivity index (χ1n) is 4.65. The van der Waals surface area contributed by atoms with E-state index in [-0.39, 0.29) is 16.9 Å². The van der Waals surface area contributed by atoms with E-state index in [1.165, 1.54) is 0 Å². The molecule has 2 nitrogen and oxygen atoms in total. The molecule has 2 aliphatic rings. The Morgan fingerprint density at radius 2 is 1.67 bits per heavy atom. The molecule has 0 aromatic rings. The van der Waals surface area contributed by atoms with Gasteiger partial charge in [0.25, 0.3) is 0 Å². The highest BCUT2D eigenvalue weighted by molar-refractivity contribution is 5.83. The van der Waals surface area contributed by atoms with E-state index in [9.17, 15) is 9.90 Å². The maximum Gasteiger partial charge on any atom is 0.134 e. The van der Waals surface area contributed by atoms with E-state index in [1.54, 1.807) is 0 Å². The zero-order valence-corrected chi connectivity index (χ0v) is 7.76. The van der Waals surface area contributed by atoms with Crippen LogP contribution in [0, 0.1) is 10.8 Å². The van der Waals surface area contributed by atoms with Crippen LogP contribution in [0.2, 0.25) is 0 Å². The van der Waals surface area contributed by atoms with Gasteiger partial charge in [-0.25, -0.2) is 0 Å². The molecule has 2 fully saturated rings. The van der Waals surface area contributed by atoms with E-state index in [4.69, 9.17) is 0 Å². The Morgan fingerprint density at radius 1 is 1.25 bits per heavy atom. The summed E-state index contributed by atoms with van der Waals surface area (Å²) in [5.41, 5.74) is 0.174. The Hall–Kier alpha value is -0.370. The van der Waals surface area contributed by atoms with Gasteiger partial charge in [0.05, 0.1) is 6.10 Å². The molecular formula is C10H16O2. The van der Waals surface area contributed by atoms with E-state index >= 15 is 0 Å². The quantitative estimate of drug-likeness (QED) is 0.595. The van der Waals surface area contributed by atoms with E-state index in [2.05, 4.69) is 13.8 Å². The molecule has 0 spiro atoms. The molecule has 12 heavy (non-hydrogen) atoms. The van der Waals surface area contributed by atoms with Gasteiger partial charge in [0.1, 0.15) is 5.78 Å². The van der Waals surface area contributed by atoms with Crippen molar-refractivity contribution in [1.82, 2.24) is 0 Å². The van der Waals surface area contributed by atoms with Crippen LogP contribution in [0.4, 0.5) is 0 Å². The summed E-state index contributed by atoms with van der Waals surface area (Å²) in [5, 5.41) is 9.54. The maximum absolute atomic E-state index is 11.3. The van der Waals surface area contributed by atoms with E-state index < -0.39 is 0 Å². The third-order valence-corrected chi connectivity index (χ3v) is 4.00. The molecule has 0 amide bonds. The molecule has 0 radical (unpaired) electrons. The summed E-state index contributed by atoms with van der Waals surface area (Å²) in [5.74, 6) is 0.381. The number of Topliss-reactive ketones (excluding diaryl/α,β-unsaturated/α-hetero) is 1. The summed E-state index contributed by atoms with van der Waals surface area (Å²) in [6, 6.07) is 0. The van der Waals surface area contributed by atoms with Crippen LogP contribution in [0.25, 0.3) is 0 Å². The number of rotatable bonds is 0. The topological polar surface area (TPSA) is 37.3 Å². The first kappa shape index (κ1) is 8.24. The monoisotopic (exact) mass is 168 g/mol. The van der Waals surface area contributed by atoms with Crippen LogP contribution in [-0.4, -0.2) is 17.0 Å². The van der Waals surface area contributed by atoms with Gasteiger partial charge in [-0.15, -0.1) is 0 Å². The van der Waals surface area contributed by atoms with Gasteiger partial charge in [-0.05, 0) is 23.7 Å². The Balaban J connectivity index is 2.32. The largest absolute Gasteiger partial charge is 0.393 e. The van der Waals surface area contributed by atoms with Crippen molar-refractivity contribution in [2.24, 2.45) is 10.8 Å². The fraction of sp³-hybridized carbons (Fsp3) is 0.900. The molecule has 1 unspecified atom stereocenters. The zero-order valence-electron chi connectivity index (χ0n) is 7.76. The normalized spacial score (nSPS) is 52.9. The molecule has 0 heterocycles. The average Bonchev–Trinajstić information content (AvgIpc) is 2.09. The lowest BCUT2D eigenvalue weighted by molar-refractivity contribution is -0.118. The highest BCUT2D eigenvalue weighted by atomic mass is 16.3. The predicted octanol–water partition coefficient (Wildman–Crippen LogP) is 1.52. The minimum atomic E-state index is -0.173. The first-order valence-corrected chi connectivity index (χ1v) is 4.65. The fourth-order valence-corrected chi connectivity index (χ4v) is 3.11. The Bertz CT molecular complexity index is 214. The summed E-state index contributed by atoms with van der Waals surface area (Å²) < 4.78 is 0. The Morgan fingerprint density at radius 3 is 2.08 bits per heavy atom. The number of aliphatic hydroxyl groups is 1. The van der Waals surface area contributed by atoms with Gasteiger partial charge in [-0.2, -0.15) is 0 Å². The summed E-state index contributed by atoms with van der Waals surface area (Å²) in [6.07, 6.45) is 2.82. The second-order valence-corrected chi connectivity index (χ2v) is 5.08. The van der Waals surface area contributed by atoms with Crippen LogP contribution >= 0.6 is 0 Å². The highest BCUT2D eigenvalue weighted by Crippen LogP contribution is 2.61. The molecule has 0 aliphatic heterocycles. The molecule has 2 heteroatoms. The van der Waals surface area contributed by atoms with Crippen LogP contribution in [0.3, 0.4) is 0 Å². The number of fused-ring (bicyclic) bond motifs is 1. The van der Waals surface area contributed by atoms with Crippen molar-refractivity contribution in [2.75, 3.05) is 0 Å². The molecule has 3 atom stereocenters. The van der Waals surface area contributed by atoms with Gasteiger partial charge in [0, 0.05) is 12.8 Å². The number of ketones is 1. The molecule has 0 bridgehead atoms. The zero-order chi connectivity index (χ0) is 8.98. The Labute approximate surface area is 73.0 Å². The summed E-state index contributed by atoms with van der Waals surface area (Å²) in [4.78, 5) is 11.3. The fourth-order valence-electron chi connectivity index (χ4n) is 3.11. The van der Waals surface area contributed by atoms with Gasteiger partial charge in [-0.3, -0.25) is 4.79 Å². The number of hydrogen-bond acceptors (Lipinski definition) is 2. The van der Waals surface area contributed by atoms with Crippen LogP contribution in [0.1, 0.15) is 39.5 Å². The van der Waals surface area contributed by atoms with Crippen molar-refractivity contribution in [3.63, 3.8) is 0 Å². The molecule has 0 aromatic carbocycles. The molecule has 2 saturated carbocycles. The summed E-state index contributed by atoms with van der Waals surface area (Å²) in [6.45, 7) is 4.29. The van der Waals surface area contributed by atoms with E-state index in [1.807, 2.05) is 0 Å². The Kier molecular flexibility index (Phi) is 1.45. The number of carbonyl (C=O) groups excluding carboxylic acids is 1. The highest BCUT2D eigenvalue weighted by Gasteiger charge is 2.57. The van der Waals surface area contributed by atoms with E-state index in [0.29, 0.717) is 18.6 Å². The van der Waals surface area contributed by atoms with Gasteiger partial charge in [0.2, 0.25) is 0 Å². The van der Waals surface area contributed by atoms with Gasteiger partial charge in [0.15, 0.2) is 0 Å². The van der Waals surface area contributed by atoms with Crippen LogP contribution < -0.4 is 0 Å². The van der Waals surface area contributed by atoms with Crippen molar-refractivity contribution < 1.29 is 9.90 Å². The van der Waals surface area contributed by atoms with Crippen molar-refractivity contribution in [1.29, 1.82) is 0 Å². The molecular weight excluding hydrogens is 152 g/mol. The minimum Gasteiger partial charge on any atom is -0.393 e. The lowest BCUT2D eigenvalue weighted by atomic mass is 9.71. The molecule has 0 saturated heterocycles. The van der Waals surface area contributed by atoms with Gasteiger partial charge >= 0.3 is 0 Å². The number of carbonyl (C=O) groups is 1. The smallest absolute Gasteiger partial charge is 0.134 e. The standard InChI is InChI=1S/C10H16O2/c1-9-3-7(11)5-10(9,2)6-8(12)4-9/h7,11H,3-6H2,1-2H3/t7?,9-,10+. The number of hydrogen-bond donors (Lipinski definition) is 1. The molecule has 0 aromatic heterocycles. The van der Waals surface area contributed by atoms with Crippen molar-refractivity contribution in [3.05, 3.63) is 0 Å². The maximum atomic E-state index is 11.3. The molecule has 1 N–H and O–H groups in total. The first-order chi connectivity index (χ1) is 5.45. The van der Waals surface area contributed by atoms with Gasteiger partial charge < -0.3 is 5.11 Å². The predicted molar refractivity (Wildman–Crippen MR) is 45.7 cm³/mol. The summed E-state index contributed by atoms with van der Waals surface area (Å²) in [7, 11) is 0. The van der Waals surface area contributed by atoms with E-state index in [0.717, 1.165) is 12.8 Å². The van der Waals surface area contributed by atoms with Crippen LogP contribution in [0.15, 0.2) is 0 Å². The van der Waals surface area contributed by atoms with Crippen LogP contribution in [-0.2, 0) is 4.79 Å². The second-order valence-electron chi connectivity index (χ2n) is 5.08. The van der Waals surface area contributed by atoms with Crippen molar-refractivity contribution in [3.8, 4) is 0 Å². The third-order valence-electron chi connectivity index (χ3n) is 4.00. The number of aliphatic hydroxyl groups excluding tert-OH is 1. The SMILES string of the molecule is C[C@@]12CC(=O)C[C@]1(C)CC(O)C2. The minimum absolute atomic E-state index is 0.0868. The molecule has 2 rings (SSSR count). The average molecular weight is 168 g/mol. The third kappa shape index (κ3) is 0.875. The molecule has 68 valence electrons. The van der Waals surface area contributed by atoms with Crippen LogP contribution in [0.5, 0.6) is 0 Å². The second kappa shape index (κ2) is 2.11. The summed E-state index contributed by atoms with van der Waals surface area (Å²) >= 11 is 0. The molecule has 2 aliphatic carbocycles. The van der Waals surface area contributed by atoms with Gasteiger partial charge in [-0.1, -0.05) is 13.8 Å². The van der Waals surface area contributed by atoms with Crippen molar-refractivity contribution in [2.45, 2.75) is 45.6 Å². The lowest BCUT2D eigenvalue weighted by Gasteiger charge is -2.32.